The molecule has 0 amide bonds. The van der Waals surface area contributed by atoms with Gasteiger partial charge >= 0.3 is 0 Å². The van der Waals surface area contributed by atoms with Crippen molar-refractivity contribution in [1.82, 2.24) is 0 Å². The van der Waals surface area contributed by atoms with Crippen molar-refractivity contribution in [1.29, 1.82) is 0 Å². The number of hydrogen-bond acceptors (Lipinski definition) is 7. The number of benzene rings is 4. The molecule has 0 aliphatic heterocycles. The van der Waals surface area contributed by atoms with Gasteiger partial charge in [0.25, 0.3) is 20.2 Å². The second-order valence-electron chi connectivity index (χ2n) is 8.33. The van der Waals surface area contributed by atoms with E-state index in [9.17, 15) is 16.8 Å². The minimum Gasteiger partial charge on any atom is -0.490 e. The van der Waals surface area contributed by atoms with Crippen LogP contribution in [0.1, 0.15) is 11.1 Å². The molecule has 4 aromatic rings. The van der Waals surface area contributed by atoms with E-state index in [4.69, 9.17) is 13.1 Å². The quantitative estimate of drug-likeness (QED) is 0.268. The third-order valence-corrected chi connectivity index (χ3v) is 8.14. The zero-order valence-corrected chi connectivity index (χ0v) is 21.5. The number of hydrogen-bond donors (Lipinski definition) is 0. The predicted octanol–water partition coefficient (Wildman–Crippen LogP) is 5.02. The van der Waals surface area contributed by atoms with Gasteiger partial charge < -0.3 is 4.74 Å². The lowest BCUT2D eigenvalue weighted by molar-refractivity contribution is 0.0891. The second kappa shape index (κ2) is 10.8. The highest BCUT2D eigenvalue weighted by atomic mass is 32.2. The van der Waals surface area contributed by atoms with Gasteiger partial charge in [0.1, 0.15) is 18.5 Å². The maximum absolute atomic E-state index is 12.9. The van der Waals surface area contributed by atoms with Crippen LogP contribution in [0.25, 0.3) is 10.8 Å². The summed E-state index contributed by atoms with van der Waals surface area (Å²) in [6.07, 6.45) is -1.24. The Hall–Kier alpha value is -3.24. The largest absolute Gasteiger partial charge is 0.490 e. The molecule has 1 unspecified atom stereocenters. The third-order valence-electron chi connectivity index (χ3n) is 5.47. The predicted molar refractivity (Wildman–Crippen MR) is 137 cm³/mol. The molecule has 1 atom stereocenters. The molecule has 0 radical (unpaired) electrons. The Balaban J connectivity index is 1.56. The summed E-state index contributed by atoms with van der Waals surface area (Å²) in [6, 6.07) is 25.4. The highest BCUT2D eigenvalue weighted by Crippen LogP contribution is 2.26. The first kappa shape index (κ1) is 25.8. The van der Waals surface area contributed by atoms with Crippen molar-refractivity contribution in [3.63, 3.8) is 0 Å². The van der Waals surface area contributed by atoms with E-state index in [1.807, 2.05) is 50.2 Å². The van der Waals surface area contributed by atoms with Crippen LogP contribution in [0.2, 0.25) is 0 Å². The van der Waals surface area contributed by atoms with Gasteiger partial charge in [0, 0.05) is 5.39 Å². The number of rotatable bonds is 10. The average molecular weight is 527 g/mol. The Bertz CT molecular complexity index is 1540. The van der Waals surface area contributed by atoms with Gasteiger partial charge in [0.15, 0.2) is 0 Å². The van der Waals surface area contributed by atoms with E-state index in [1.165, 1.54) is 24.3 Å². The van der Waals surface area contributed by atoms with Gasteiger partial charge in [0.05, 0.1) is 16.4 Å². The summed E-state index contributed by atoms with van der Waals surface area (Å²) in [4.78, 5) is -0.0899. The Kier molecular flexibility index (Phi) is 7.75. The van der Waals surface area contributed by atoms with Crippen LogP contribution in [-0.2, 0) is 28.6 Å². The molecule has 0 spiro atoms. The molecule has 4 rings (SSSR count). The van der Waals surface area contributed by atoms with Crippen molar-refractivity contribution in [3.05, 3.63) is 102 Å². The summed E-state index contributed by atoms with van der Waals surface area (Å²) in [5.74, 6) is 0.510. The Morgan fingerprint density at radius 1 is 0.639 bits per heavy atom. The number of fused-ring (bicyclic) bond motifs is 1. The molecular weight excluding hydrogens is 500 g/mol. The molecule has 0 heterocycles. The molecule has 0 saturated carbocycles. The fraction of sp³-hybridized carbons (Fsp3) is 0.185. The highest BCUT2D eigenvalue weighted by Gasteiger charge is 2.26. The van der Waals surface area contributed by atoms with Gasteiger partial charge in [-0.2, -0.15) is 16.8 Å². The zero-order chi connectivity index (χ0) is 25.8. The van der Waals surface area contributed by atoms with Crippen molar-refractivity contribution in [2.45, 2.75) is 29.7 Å². The smallest absolute Gasteiger partial charge is 0.297 e. The average Bonchev–Trinajstić information content (AvgIpc) is 2.86. The molecule has 0 N–H and O–H groups in total. The van der Waals surface area contributed by atoms with Gasteiger partial charge in [-0.1, -0.05) is 71.8 Å². The molecule has 0 aliphatic carbocycles. The van der Waals surface area contributed by atoms with E-state index in [0.717, 1.165) is 21.9 Å². The number of ether oxygens (including phenoxy) is 1. The van der Waals surface area contributed by atoms with Gasteiger partial charge in [0.2, 0.25) is 0 Å². The Morgan fingerprint density at radius 2 is 1.19 bits per heavy atom. The molecule has 36 heavy (non-hydrogen) atoms. The molecule has 7 nitrogen and oxygen atoms in total. The van der Waals surface area contributed by atoms with E-state index in [2.05, 4.69) is 0 Å². The lowest BCUT2D eigenvalue weighted by Gasteiger charge is -2.19. The van der Waals surface area contributed by atoms with E-state index >= 15 is 0 Å². The van der Waals surface area contributed by atoms with E-state index in [0.29, 0.717) is 5.75 Å². The maximum atomic E-state index is 12.9. The SMILES string of the molecule is Cc1ccc(S(=O)(=O)OCC(COc2cccc3ccccc23)OS(=O)(=O)c2ccc(C)cc2)cc1. The van der Waals surface area contributed by atoms with Crippen molar-refractivity contribution in [3.8, 4) is 5.75 Å². The minimum absolute atomic E-state index is 0.0387. The summed E-state index contributed by atoms with van der Waals surface area (Å²) in [5.41, 5.74) is 1.78. The van der Waals surface area contributed by atoms with Crippen LogP contribution in [0, 0.1) is 13.8 Å². The van der Waals surface area contributed by atoms with Crippen LogP contribution in [0.5, 0.6) is 5.75 Å². The molecule has 0 aliphatic rings. The molecule has 4 aromatic carbocycles. The molecule has 0 saturated heterocycles. The van der Waals surface area contributed by atoms with Crippen molar-refractivity contribution >= 4 is 31.0 Å². The van der Waals surface area contributed by atoms with E-state index in [-0.39, 0.29) is 16.4 Å². The summed E-state index contributed by atoms with van der Waals surface area (Å²) < 4.78 is 67.8. The van der Waals surface area contributed by atoms with Crippen LogP contribution in [0.4, 0.5) is 0 Å². The van der Waals surface area contributed by atoms with E-state index in [1.54, 1.807) is 30.3 Å². The van der Waals surface area contributed by atoms with Crippen LogP contribution in [0.15, 0.2) is 101 Å². The van der Waals surface area contributed by atoms with Crippen molar-refractivity contribution in [2.75, 3.05) is 13.2 Å². The first-order valence-electron chi connectivity index (χ1n) is 11.2. The third kappa shape index (κ3) is 6.30. The van der Waals surface area contributed by atoms with Gasteiger partial charge in [-0.05, 0) is 49.6 Å². The van der Waals surface area contributed by atoms with Crippen LogP contribution >= 0.6 is 0 Å². The molecule has 0 fully saturated rings. The topological polar surface area (TPSA) is 96.0 Å². The molecule has 0 aromatic heterocycles. The monoisotopic (exact) mass is 526 g/mol. The summed E-state index contributed by atoms with van der Waals surface area (Å²) in [7, 11) is -8.36. The van der Waals surface area contributed by atoms with E-state index < -0.39 is 32.9 Å². The van der Waals surface area contributed by atoms with Gasteiger partial charge in [-0.3, -0.25) is 8.37 Å². The second-order valence-corrected chi connectivity index (χ2v) is 11.5. The van der Waals surface area contributed by atoms with Crippen LogP contribution in [-0.4, -0.2) is 36.2 Å². The fourth-order valence-electron chi connectivity index (χ4n) is 3.49. The number of aryl methyl sites for hydroxylation is 2. The summed E-state index contributed by atoms with van der Waals surface area (Å²) >= 11 is 0. The maximum Gasteiger partial charge on any atom is 0.297 e. The highest BCUT2D eigenvalue weighted by molar-refractivity contribution is 7.87. The van der Waals surface area contributed by atoms with Crippen LogP contribution < -0.4 is 4.74 Å². The summed E-state index contributed by atoms with van der Waals surface area (Å²) in [5, 5.41) is 1.77. The molecule has 188 valence electrons. The lowest BCUT2D eigenvalue weighted by atomic mass is 10.1. The van der Waals surface area contributed by atoms with Crippen molar-refractivity contribution in [2.24, 2.45) is 0 Å². The lowest BCUT2D eigenvalue weighted by Crippen LogP contribution is -2.31. The normalized spacial score (nSPS) is 12.9. The molecule has 9 heteroatoms. The fourth-order valence-corrected chi connectivity index (χ4v) is 5.47. The summed E-state index contributed by atoms with van der Waals surface area (Å²) in [6.45, 7) is 2.85. The molecule has 0 bridgehead atoms. The Labute approximate surface area is 211 Å². The Morgan fingerprint density at radius 3 is 1.83 bits per heavy atom. The standard InChI is InChI=1S/C27H26O7S2/c1-20-10-14-24(15-11-20)35(28,29)33-19-23(34-36(30,31)25-16-12-21(2)13-17-25)18-32-27-9-5-7-22-6-3-4-8-26(22)27/h3-17,23H,18-19H2,1-2H3. The van der Waals surface area contributed by atoms with Crippen molar-refractivity contribution < 1.29 is 29.9 Å². The minimum atomic E-state index is -4.22. The first-order chi connectivity index (χ1) is 17.1. The van der Waals surface area contributed by atoms with Crippen LogP contribution in [0.3, 0.4) is 0 Å². The first-order valence-corrected chi connectivity index (χ1v) is 14.0. The zero-order valence-electron chi connectivity index (χ0n) is 19.8. The van der Waals surface area contributed by atoms with Gasteiger partial charge in [-0.25, -0.2) is 0 Å². The van der Waals surface area contributed by atoms with Gasteiger partial charge in [-0.15, -0.1) is 0 Å². The molecular formula is C27H26O7S2.